The van der Waals surface area contributed by atoms with E-state index in [0.717, 1.165) is 54.7 Å². The van der Waals surface area contributed by atoms with Crippen LogP contribution >= 0.6 is 11.6 Å². The van der Waals surface area contributed by atoms with E-state index >= 15 is 28.8 Å². The molecule has 3 unspecified atom stereocenters. The van der Waals surface area contributed by atoms with E-state index in [4.69, 9.17) is 11.6 Å². The standard InChI is InChI=1S/C73H118ClF3N12O12/c1-13-47(5)62-69(99)83(8)43-60(92)81(6)44-61(93)85(10)56(40-49-27-25-46(4)26-28-49)67(97)82(7)42-58(90)78-53(32-30-48-29-31-51(52(74)39-48)73(75,76)77)66(96)89-37-21-24-54(89)65(95)80-72(33-17-18-34-72)71(101)87(12)63(50-22-15-16-23-50)70(100)86(11)57(68(98)88-35-19-14-20-36-88)41-59(91)84(9)55(38-45(2)3)64(94)79-62/h45-57,62-63H,13-44H2,1-12H3,(H,78,90)(H,79,94)(H,80,95)/t46?,47-,48?,49?,51?,52?,53-,54-,55-,56-,57-,62-,63-/m0/s1. The summed E-state index contributed by atoms with van der Waals surface area (Å²) in [7, 11) is 10.1. The minimum atomic E-state index is -4.51. The second-order valence-corrected chi connectivity index (χ2v) is 32.1. The van der Waals surface area contributed by atoms with E-state index < -0.39 is 168 Å². The van der Waals surface area contributed by atoms with E-state index in [0.29, 0.717) is 70.4 Å². The number of likely N-dealkylation sites (N-methyl/N-ethyl adjacent to an activating group) is 7. The van der Waals surface area contributed by atoms with E-state index in [1.165, 1.54) is 78.7 Å². The van der Waals surface area contributed by atoms with E-state index in [9.17, 15) is 41.9 Å². The quantitative estimate of drug-likeness (QED) is 0.191. The summed E-state index contributed by atoms with van der Waals surface area (Å²) in [4.78, 5) is 191. The molecule has 7 fully saturated rings. The summed E-state index contributed by atoms with van der Waals surface area (Å²) in [5.74, 6) is -10.1. The van der Waals surface area contributed by atoms with Crippen molar-refractivity contribution in [2.45, 2.75) is 261 Å². The Balaban J connectivity index is 1.27. The van der Waals surface area contributed by atoms with E-state index in [1.54, 1.807) is 11.8 Å². The number of alkyl halides is 4. The highest BCUT2D eigenvalue weighted by molar-refractivity contribution is 6.21. The lowest BCUT2D eigenvalue weighted by molar-refractivity contribution is -0.182. The summed E-state index contributed by atoms with van der Waals surface area (Å²) in [5, 5.41) is 7.64. The van der Waals surface area contributed by atoms with Crippen LogP contribution in [-0.2, 0) is 57.5 Å². The summed E-state index contributed by atoms with van der Waals surface area (Å²) < 4.78 is 42.1. The maximum atomic E-state index is 15.7. The molecular formula is C73H118ClF3N12O12. The van der Waals surface area contributed by atoms with Gasteiger partial charge < -0.3 is 60.0 Å². The van der Waals surface area contributed by atoms with Crippen LogP contribution in [0.5, 0.6) is 0 Å². The van der Waals surface area contributed by atoms with Crippen LogP contribution in [0.3, 0.4) is 0 Å². The van der Waals surface area contributed by atoms with Crippen molar-refractivity contribution in [2.24, 2.45) is 41.4 Å². The van der Waals surface area contributed by atoms with Gasteiger partial charge in [0.2, 0.25) is 70.9 Å². The van der Waals surface area contributed by atoms with Gasteiger partial charge in [0.05, 0.1) is 32.0 Å². The molecule has 0 aromatic carbocycles. The molecule has 28 heteroatoms. The summed E-state index contributed by atoms with van der Waals surface area (Å²) in [6.07, 6.45) is 6.01. The molecule has 12 amide bonds. The zero-order valence-electron chi connectivity index (χ0n) is 62.2. The number of hydrogen-bond donors (Lipinski definition) is 3. The lowest BCUT2D eigenvalue weighted by atomic mass is 9.78. The molecule has 4 saturated carbocycles. The number of piperidine rings is 1. The number of nitrogens with zero attached hydrogens (tertiary/aromatic N) is 9. The predicted octanol–water partition coefficient (Wildman–Crippen LogP) is 6.34. The van der Waals surface area contributed by atoms with Crippen LogP contribution in [0.4, 0.5) is 13.2 Å². The molecule has 0 bridgehead atoms. The third kappa shape index (κ3) is 20.8. The fourth-order valence-corrected chi connectivity index (χ4v) is 17.3. The molecule has 3 N–H and O–H groups in total. The number of hydrogen-bond acceptors (Lipinski definition) is 12. The molecule has 7 aliphatic rings. The van der Waals surface area contributed by atoms with Crippen molar-refractivity contribution < 1.29 is 70.7 Å². The zero-order chi connectivity index (χ0) is 74.5. The van der Waals surface area contributed by atoms with Gasteiger partial charge in [-0.05, 0) is 138 Å². The number of amides is 12. The highest BCUT2D eigenvalue weighted by Gasteiger charge is 2.52. The van der Waals surface area contributed by atoms with Gasteiger partial charge in [-0.1, -0.05) is 92.4 Å². The largest absolute Gasteiger partial charge is 0.393 e. The molecule has 3 aliphatic heterocycles. The zero-order valence-corrected chi connectivity index (χ0v) is 63.0. The topological polar surface area (TPSA) is 270 Å². The van der Waals surface area contributed by atoms with E-state index in [-0.39, 0.29) is 94.4 Å². The highest BCUT2D eigenvalue weighted by atomic mass is 35.5. The van der Waals surface area contributed by atoms with Gasteiger partial charge in [0.25, 0.3) is 0 Å². The fourth-order valence-electron chi connectivity index (χ4n) is 16.8. The first kappa shape index (κ1) is 82.0. The maximum Gasteiger partial charge on any atom is 0.393 e. The van der Waals surface area contributed by atoms with Crippen LogP contribution < -0.4 is 16.0 Å². The molecule has 0 aromatic heterocycles. The third-order valence-electron chi connectivity index (χ3n) is 23.6. The second-order valence-electron chi connectivity index (χ2n) is 31.5. The molecule has 0 aromatic rings. The fraction of sp³-hybridized carbons (Fsp3) is 0.836. The molecule has 4 aliphatic carbocycles. The molecule has 0 radical (unpaired) electrons. The molecule has 7 rings (SSSR count). The van der Waals surface area contributed by atoms with Gasteiger partial charge in [-0.2, -0.15) is 13.2 Å². The van der Waals surface area contributed by atoms with Gasteiger partial charge in [-0.25, -0.2) is 0 Å². The smallest absolute Gasteiger partial charge is 0.343 e. The number of carbonyl (C=O) groups is 12. The maximum absolute atomic E-state index is 15.7. The molecule has 570 valence electrons. The minimum absolute atomic E-state index is 0.00203. The highest BCUT2D eigenvalue weighted by Crippen LogP contribution is 2.44. The Kier molecular flexibility index (Phi) is 29.6. The van der Waals surface area contributed by atoms with Crippen LogP contribution in [0.25, 0.3) is 0 Å². The normalized spacial score (nSPS) is 31.1. The number of fused-ring (bicyclic) bond motifs is 1. The Hall–Kier alpha value is -6.28. The first-order chi connectivity index (χ1) is 47.6. The van der Waals surface area contributed by atoms with Crippen molar-refractivity contribution in [3.8, 4) is 0 Å². The average molecular weight is 1450 g/mol. The second kappa shape index (κ2) is 36.4. The van der Waals surface area contributed by atoms with E-state index in [1.807, 2.05) is 20.8 Å². The molecule has 3 heterocycles. The van der Waals surface area contributed by atoms with Crippen LogP contribution in [0.15, 0.2) is 0 Å². The van der Waals surface area contributed by atoms with Crippen molar-refractivity contribution in [1.82, 2.24) is 60.0 Å². The van der Waals surface area contributed by atoms with Crippen molar-refractivity contribution in [1.29, 1.82) is 0 Å². The molecule has 11 atom stereocenters. The van der Waals surface area contributed by atoms with Crippen LogP contribution in [0.1, 0.15) is 202 Å². The SMILES string of the molecule is CC[C@H](C)[C@@H]1NC(=O)[C@H](CC(C)C)N(C)C(=O)C[C@@H](C(=O)N2CCCCC2)N(C)C(=O)[C@H](C2CCCC2)N(C)C(=O)C2(CCCC2)NC(=O)[C@@H]2CCCN2C(=O)[C@H](CCC2CCC(C(F)(F)F)C(Cl)C2)NC(=O)CN(C)C(=O)[C@H](CC2CCC(C)CC2)N(C)C(=O)CN(C)C(=O)CN(C)C1=O. The number of rotatable bonds is 11. The van der Waals surface area contributed by atoms with Crippen molar-refractivity contribution in [3.63, 3.8) is 0 Å². The Labute approximate surface area is 601 Å². The molecule has 24 nitrogen and oxygen atoms in total. The lowest BCUT2D eigenvalue weighted by Gasteiger charge is -2.42. The van der Waals surface area contributed by atoms with E-state index in [2.05, 4.69) is 22.9 Å². The van der Waals surface area contributed by atoms with Gasteiger partial charge in [0, 0.05) is 74.3 Å². The number of nitrogens with one attached hydrogen (secondary N) is 3. The van der Waals surface area contributed by atoms with Crippen molar-refractivity contribution >= 4 is 82.5 Å². The Morgan fingerprint density at radius 2 is 1.20 bits per heavy atom. The van der Waals surface area contributed by atoms with Gasteiger partial charge in [-0.3, -0.25) is 57.5 Å². The van der Waals surface area contributed by atoms with Gasteiger partial charge in [0.15, 0.2) is 0 Å². The monoisotopic (exact) mass is 1450 g/mol. The van der Waals surface area contributed by atoms with Gasteiger partial charge >= 0.3 is 6.18 Å². The number of carbonyl (C=O) groups excluding carboxylic acids is 12. The van der Waals surface area contributed by atoms with Gasteiger partial charge in [-0.15, -0.1) is 11.6 Å². The summed E-state index contributed by atoms with van der Waals surface area (Å²) in [6.45, 7) is 8.73. The molecule has 1 spiro atoms. The van der Waals surface area contributed by atoms with Gasteiger partial charge in [0.1, 0.15) is 47.8 Å². The van der Waals surface area contributed by atoms with Crippen LogP contribution in [-0.4, -0.2) is 263 Å². The average Bonchev–Trinajstić information content (AvgIpc) is 1.75. The van der Waals surface area contributed by atoms with Crippen molar-refractivity contribution in [3.05, 3.63) is 0 Å². The Morgan fingerprint density at radius 3 is 1.80 bits per heavy atom. The first-order valence-electron chi connectivity index (χ1n) is 37.6. The minimum Gasteiger partial charge on any atom is -0.343 e. The molecule has 3 saturated heterocycles. The summed E-state index contributed by atoms with van der Waals surface area (Å²) in [5.41, 5.74) is -1.55. The summed E-state index contributed by atoms with van der Waals surface area (Å²) >= 11 is 6.41. The first-order valence-corrected chi connectivity index (χ1v) is 38.0. The number of halogens is 4. The van der Waals surface area contributed by atoms with Crippen LogP contribution in [0.2, 0.25) is 0 Å². The lowest BCUT2D eigenvalue weighted by Crippen LogP contribution is -2.65. The van der Waals surface area contributed by atoms with Crippen molar-refractivity contribution in [2.75, 3.05) is 88.6 Å². The van der Waals surface area contributed by atoms with Crippen LogP contribution in [0, 0.1) is 41.4 Å². The Morgan fingerprint density at radius 1 is 0.594 bits per heavy atom. The molecular weight excluding hydrogens is 1330 g/mol. The number of likely N-dealkylation sites (tertiary alicyclic amines) is 1. The molecule has 101 heavy (non-hydrogen) atoms. The predicted molar refractivity (Wildman–Crippen MR) is 374 cm³/mol. The third-order valence-corrected chi connectivity index (χ3v) is 24.1. The summed E-state index contributed by atoms with van der Waals surface area (Å²) in [6, 6.07) is -8.52. The Bertz CT molecular complexity index is 2940.